The lowest BCUT2D eigenvalue weighted by molar-refractivity contribution is 0.0936. The van der Waals surface area contributed by atoms with Crippen LogP contribution < -0.4 is 5.32 Å². The number of nitrogens with zero attached hydrogens (tertiary/aromatic N) is 2. The molecule has 1 saturated heterocycles. The number of hydrogen-bond acceptors (Lipinski definition) is 3. The summed E-state index contributed by atoms with van der Waals surface area (Å²) >= 11 is 0. The van der Waals surface area contributed by atoms with Gasteiger partial charge in [-0.15, -0.1) is 0 Å². The first-order valence-electron chi connectivity index (χ1n) is 7.85. The summed E-state index contributed by atoms with van der Waals surface area (Å²) < 4.78 is 13.0. The van der Waals surface area contributed by atoms with E-state index in [0.29, 0.717) is 5.56 Å². The molecule has 1 saturated carbocycles. The van der Waals surface area contributed by atoms with Gasteiger partial charge in [-0.25, -0.2) is 4.98 Å². The maximum absolute atomic E-state index is 13.0. The van der Waals surface area contributed by atoms with Gasteiger partial charge in [0, 0.05) is 43.5 Å². The van der Waals surface area contributed by atoms with Crippen LogP contribution in [0.4, 0.5) is 4.39 Å². The monoisotopic (exact) mass is 291 g/mol. The van der Waals surface area contributed by atoms with Crippen LogP contribution in [0.2, 0.25) is 0 Å². The summed E-state index contributed by atoms with van der Waals surface area (Å²) in [5, 5.41) is 3.00. The molecule has 0 bridgehead atoms. The summed E-state index contributed by atoms with van der Waals surface area (Å²) in [5.41, 5.74) is 0.344. The van der Waals surface area contributed by atoms with E-state index in [1.54, 1.807) is 6.07 Å². The number of carbonyl (C=O) groups is 1. The average Bonchev–Trinajstić information content (AvgIpc) is 3.11. The van der Waals surface area contributed by atoms with Crippen LogP contribution in [0, 0.1) is 11.9 Å². The van der Waals surface area contributed by atoms with Crippen molar-refractivity contribution in [2.75, 3.05) is 19.6 Å². The molecule has 5 heteroatoms. The lowest BCUT2D eigenvalue weighted by Crippen LogP contribution is -2.37. The van der Waals surface area contributed by atoms with Gasteiger partial charge in [-0.05, 0) is 31.2 Å². The van der Waals surface area contributed by atoms with Crippen LogP contribution in [0.1, 0.15) is 42.5 Å². The molecular weight excluding hydrogens is 269 g/mol. The molecular formula is C16H22FN3O. The molecule has 114 valence electrons. The van der Waals surface area contributed by atoms with E-state index in [4.69, 9.17) is 0 Å². The van der Waals surface area contributed by atoms with Gasteiger partial charge in [0.2, 0.25) is 5.95 Å². The number of nitrogens with one attached hydrogen (secondary N) is 1. The Morgan fingerprint density at radius 1 is 1.38 bits per heavy atom. The van der Waals surface area contributed by atoms with E-state index in [-0.39, 0.29) is 11.9 Å². The van der Waals surface area contributed by atoms with Crippen molar-refractivity contribution in [3.63, 3.8) is 0 Å². The highest BCUT2D eigenvalue weighted by molar-refractivity contribution is 5.94. The molecule has 1 amide bonds. The predicted octanol–water partition coefficient (Wildman–Crippen LogP) is 2.21. The van der Waals surface area contributed by atoms with Crippen molar-refractivity contribution in [3.8, 4) is 0 Å². The molecule has 2 fully saturated rings. The van der Waals surface area contributed by atoms with Crippen molar-refractivity contribution in [1.82, 2.24) is 15.2 Å². The third-order valence-corrected chi connectivity index (χ3v) is 4.59. The van der Waals surface area contributed by atoms with E-state index in [1.807, 2.05) is 0 Å². The van der Waals surface area contributed by atoms with Gasteiger partial charge in [0.15, 0.2) is 0 Å². The molecule has 1 aliphatic carbocycles. The van der Waals surface area contributed by atoms with Crippen molar-refractivity contribution in [1.29, 1.82) is 0 Å². The Kier molecular flexibility index (Phi) is 4.48. The van der Waals surface area contributed by atoms with Gasteiger partial charge >= 0.3 is 0 Å². The van der Waals surface area contributed by atoms with Gasteiger partial charge < -0.3 is 10.2 Å². The highest BCUT2D eigenvalue weighted by Crippen LogP contribution is 2.26. The molecule has 2 aliphatic rings. The number of hydrogen-bond donors (Lipinski definition) is 1. The van der Waals surface area contributed by atoms with Gasteiger partial charge in [-0.3, -0.25) is 4.79 Å². The Labute approximate surface area is 124 Å². The molecule has 3 rings (SSSR count). The Hall–Kier alpha value is -1.49. The molecule has 0 radical (unpaired) electrons. The molecule has 1 atom stereocenters. The van der Waals surface area contributed by atoms with Gasteiger partial charge in [-0.2, -0.15) is 4.39 Å². The summed E-state index contributed by atoms with van der Waals surface area (Å²) in [7, 11) is 0. The van der Waals surface area contributed by atoms with Gasteiger partial charge in [0.05, 0.1) is 0 Å². The molecule has 0 spiro atoms. The van der Waals surface area contributed by atoms with Gasteiger partial charge in [-0.1, -0.05) is 12.8 Å². The SMILES string of the molecule is O=C(NC1CCN(CC2CCCC2)C1)c1ccnc(F)c1. The largest absolute Gasteiger partial charge is 0.348 e. The molecule has 1 aromatic rings. The highest BCUT2D eigenvalue weighted by atomic mass is 19.1. The second-order valence-corrected chi connectivity index (χ2v) is 6.24. The van der Waals surface area contributed by atoms with Crippen LogP contribution in [0.3, 0.4) is 0 Å². The molecule has 1 unspecified atom stereocenters. The number of amides is 1. The molecule has 1 N–H and O–H groups in total. The van der Waals surface area contributed by atoms with Crippen LogP contribution in [-0.4, -0.2) is 41.5 Å². The highest BCUT2D eigenvalue weighted by Gasteiger charge is 2.27. The fraction of sp³-hybridized carbons (Fsp3) is 0.625. The summed E-state index contributed by atoms with van der Waals surface area (Å²) in [5.74, 6) is 0.0229. The summed E-state index contributed by atoms with van der Waals surface area (Å²) in [4.78, 5) is 18.0. The minimum Gasteiger partial charge on any atom is -0.348 e. The van der Waals surface area contributed by atoms with Crippen LogP contribution in [-0.2, 0) is 0 Å². The Balaban J connectivity index is 1.48. The first-order valence-corrected chi connectivity index (χ1v) is 7.85. The zero-order chi connectivity index (χ0) is 14.7. The van der Waals surface area contributed by atoms with Gasteiger partial charge in [0.1, 0.15) is 0 Å². The quantitative estimate of drug-likeness (QED) is 0.865. The van der Waals surface area contributed by atoms with E-state index in [1.165, 1.54) is 37.9 Å². The van der Waals surface area contributed by atoms with Crippen molar-refractivity contribution in [2.45, 2.75) is 38.1 Å². The van der Waals surface area contributed by atoms with Gasteiger partial charge in [0.25, 0.3) is 5.91 Å². The topological polar surface area (TPSA) is 45.2 Å². The van der Waals surface area contributed by atoms with E-state index in [0.717, 1.165) is 32.0 Å². The molecule has 4 nitrogen and oxygen atoms in total. The predicted molar refractivity (Wildman–Crippen MR) is 78.5 cm³/mol. The fourth-order valence-electron chi connectivity index (χ4n) is 3.49. The maximum atomic E-state index is 13.0. The maximum Gasteiger partial charge on any atom is 0.251 e. The average molecular weight is 291 g/mol. The van der Waals surface area contributed by atoms with Crippen molar-refractivity contribution in [2.24, 2.45) is 5.92 Å². The molecule has 1 aromatic heterocycles. The zero-order valence-corrected chi connectivity index (χ0v) is 12.2. The standard InChI is InChI=1S/C16H22FN3O/c17-15-9-13(5-7-18-15)16(21)19-14-6-8-20(11-14)10-12-3-1-2-4-12/h5,7,9,12,14H,1-4,6,8,10-11H2,(H,19,21). The molecule has 2 heterocycles. The number of pyridine rings is 1. The van der Waals surface area contributed by atoms with Crippen LogP contribution in [0.15, 0.2) is 18.3 Å². The van der Waals surface area contributed by atoms with E-state index >= 15 is 0 Å². The number of likely N-dealkylation sites (tertiary alicyclic amines) is 1. The second-order valence-electron chi connectivity index (χ2n) is 6.24. The number of aromatic nitrogens is 1. The van der Waals surface area contributed by atoms with E-state index < -0.39 is 5.95 Å². The normalized spacial score (nSPS) is 23.6. The smallest absolute Gasteiger partial charge is 0.251 e. The first-order chi connectivity index (χ1) is 10.2. The number of rotatable bonds is 4. The van der Waals surface area contributed by atoms with Crippen molar-refractivity contribution in [3.05, 3.63) is 29.8 Å². The summed E-state index contributed by atoms with van der Waals surface area (Å²) in [6.45, 7) is 3.12. The van der Waals surface area contributed by atoms with Crippen LogP contribution in [0.25, 0.3) is 0 Å². The van der Waals surface area contributed by atoms with E-state index in [9.17, 15) is 9.18 Å². The van der Waals surface area contributed by atoms with Crippen molar-refractivity contribution >= 4 is 5.91 Å². The Morgan fingerprint density at radius 3 is 2.95 bits per heavy atom. The molecule has 0 aromatic carbocycles. The lowest BCUT2D eigenvalue weighted by atomic mass is 10.1. The third-order valence-electron chi connectivity index (χ3n) is 4.59. The second kappa shape index (κ2) is 6.52. The van der Waals surface area contributed by atoms with E-state index in [2.05, 4.69) is 15.2 Å². The number of halogens is 1. The summed E-state index contributed by atoms with van der Waals surface area (Å²) in [6.07, 6.45) is 7.74. The molecule has 21 heavy (non-hydrogen) atoms. The van der Waals surface area contributed by atoms with Crippen LogP contribution >= 0.6 is 0 Å². The third kappa shape index (κ3) is 3.79. The fourth-order valence-corrected chi connectivity index (χ4v) is 3.49. The molecule has 1 aliphatic heterocycles. The Morgan fingerprint density at radius 2 is 2.19 bits per heavy atom. The lowest BCUT2D eigenvalue weighted by Gasteiger charge is -2.20. The number of carbonyl (C=O) groups excluding carboxylic acids is 1. The zero-order valence-electron chi connectivity index (χ0n) is 12.2. The Bertz CT molecular complexity index is 502. The summed E-state index contributed by atoms with van der Waals surface area (Å²) in [6, 6.07) is 2.90. The minimum atomic E-state index is -0.614. The van der Waals surface area contributed by atoms with Crippen molar-refractivity contribution < 1.29 is 9.18 Å². The minimum absolute atomic E-state index is 0.176. The van der Waals surface area contributed by atoms with Crippen LogP contribution in [0.5, 0.6) is 0 Å². The first kappa shape index (κ1) is 14.4.